The molecule has 0 bridgehead atoms. The number of Topliss-reactive ketones (excluding diaryl/α,β-unsaturated/α-hetero) is 1. The lowest BCUT2D eigenvalue weighted by Gasteiger charge is -2.44. The molecule has 0 radical (unpaired) electrons. The number of benzene rings is 1. The molecule has 2 fully saturated rings. The van der Waals surface area contributed by atoms with E-state index in [2.05, 4.69) is 0 Å². The lowest BCUT2D eigenvalue weighted by Crippen LogP contribution is -2.55. The summed E-state index contributed by atoms with van der Waals surface area (Å²) in [6.07, 6.45) is -5.99. The highest BCUT2D eigenvalue weighted by atomic mass is 19.4. The van der Waals surface area contributed by atoms with Crippen LogP contribution in [0.3, 0.4) is 0 Å². The second kappa shape index (κ2) is 12.5. The standard InChI is InChI=1S/C29H39F3N2O8/c1-7-40-24(36)22-20(35)16-28(6,39)23(25(37)41-8-2)21(22)17-9-10-19(18(15-17)29(30,31)32)33-11-13-34(14-12-33)26(38)42-27(3,4)5/h9-10,15,21-23,39H,7-8,11-14,16H2,1-6H3. The van der Waals surface area contributed by atoms with Crippen LogP contribution in [0.15, 0.2) is 18.2 Å². The van der Waals surface area contributed by atoms with Gasteiger partial charge < -0.3 is 29.1 Å². The Morgan fingerprint density at radius 1 is 1.00 bits per heavy atom. The topological polar surface area (TPSA) is 123 Å². The van der Waals surface area contributed by atoms with Crippen LogP contribution in [0.4, 0.5) is 23.7 Å². The number of hydrogen-bond acceptors (Lipinski definition) is 9. The van der Waals surface area contributed by atoms with E-state index < -0.39 is 70.9 Å². The number of aliphatic hydroxyl groups is 1. The average molecular weight is 601 g/mol. The van der Waals surface area contributed by atoms with Crippen molar-refractivity contribution < 1.29 is 51.7 Å². The van der Waals surface area contributed by atoms with Gasteiger partial charge >= 0.3 is 24.2 Å². The van der Waals surface area contributed by atoms with Crippen molar-refractivity contribution in [1.29, 1.82) is 0 Å². The summed E-state index contributed by atoms with van der Waals surface area (Å²) in [4.78, 5) is 54.5. The Morgan fingerprint density at radius 2 is 1.57 bits per heavy atom. The largest absolute Gasteiger partial charge is 0.466 e. The molecule has 1 aliphatic heterocycles. The first-order chi connectivity index (χ1) is 19.4. The Kier molecular flexibility index (Phi) is 9.85. The van der Waals surface area contributed by atoms with Gasteiger partial charge in [-0.05, 0) is 59.2 Å². The number of carbonyl (C=O) groups is 4. The number of halogens is 3. The Balaban J connectivity index is 2.05. The second-order valence-electron chi connectivity index (χ2n) is 11.7. The van der Waals surface area contributed by atoms with E-state index in [1.165, 1.54) is 42.7 Å². The van der Waals surface area contributed by atoms with Crippen LogP contribution in [0.25, 0.3) is 0 Å². The van der Waals surface area contributed by atoms with Crippen molar-refractivity contribution in [2.45, 2.75) is 71.3 Å². The van der Waals surface area contributed by atoms with Crippen LogP contribution in [0, 0.1) is 11.8 Å². The summed E-state index contributed by atoms with van der Waals surface area (Å²) in [5.74, 6) is -7.30. The molecule has 4 unspecified atom stereocenters. The Morgan fingerprint density at radius 3 is 2.10 bits per heavy atom. The van der Waals surface area contributed by atoms with Crippen LogP contribution >= 0.6 is 0 Å². The minimum absolute atomic E-state index is 0.0852. The highest BCUT2D eigenvalue weighted by Crippen LogP contribution is 2.48. The molecule has 3 rings (SSSR count). The summed E-state index contributed by atoms with van der Waals surface area (Å²) < 4.78 is 59.1. The van der Waals surface area contributed by atoms with Gasteiger partial charge in [0.15, 0.2) is 5.78 Å². The minimum Gasteiger partial charge on any atom is -0.466 e. The summed E-state index contributed by atoms with van der Waals surface area (Å²) >= 11 is 0. The Bertz CT molecular complexity index is 1190. The maximum atomic E-state index is 14.5. The summed E-state index contributed by atoms with van der Waals surface area (Å²) in [6.45, 7) is 9.68. The molecule has 1 aromatic rings. The summed E-state index contributed by atoms with van der Waals surface area (Å²) in [7, 11) is 0. The molecule has 2 aliphatic rings. The quantitative estimate of drug-likeness (QED) is 0.294. The molecular weight excluding hydrogens is 561 g/mol. The number of rotatable bonds is 6. The number of alkyl halides is 3. The van der Waals surface area contributed by atoms with E-state index in [4.69, 9.17) is 14.2 Å². The molecular formula is C29H39F3N2O8. The minimum atomic E-state index is -4.85. The first-order valence-electron chi connectivity index (χ1n) is 13.9. The zero-order valence-corrected chi connectivity index (χ0v) is 24.7. The van der Waals surface area contributed by atoms with E-state index in [9.17, 15) is 37.5 Å². The van der Waals surface area contributed by atoms with Crippen LogP contribution in [0.5, 0.6) is 0 Å². The van der Waals surface area contributed by atoms with E-state index in [1.807, 2.05) is 0 Å². The van der Waals surface area contributed by atoms with Crippen LogP contribution in [-0.2, 0) is 34.8 Å². The van der Waals surface area contributed by atoms with E-state index in [0.717, 1.165) is 6.07 Å². The predicted molar refractivity (Wildman–Crippen MR) is 145 cm³/mol. The van der Waals surface area contributed by atoms with E-state index in [0.29, 0.717) is 0 Å². The monoisotopic (exact) mass is 600 g/mol. The predicted octanol–water partition coefficient (Wildman–Crippen LogP) is 3.93. The number of amides is 1. The van der Waals surface area contributed by atoms with Crippen molar-refractivity contribution in [3.8, 4) is 0 Å². The van der Waals surface area contributed by atoms with Gasteiger partial charge in [-0.1, -0.05) is 6.07 Å². The number of nitrogens with zero attached hydrogens (tertiary/aromatic N) is 2. The van der Waals surface area contributed by atoms with Gasteiger partial charge in [-0.3, -0.25) is 14.4 Å². The molecule has 1 aliphatic carbocycles. The summed E-state index contributed by atoms with van der Waals surface area (Å²) in [5.41, 5.74) is -4.06. The first-order valence-corrected chi connectivity index (χ1v) is 13.9. The second-order valence-corrected chi connectivity index (χ2v) is 11.7. The molecule has 1 saturated carbocycles. The lowest BCUT2D eigenvalue weighted by molar-refractivity contribution is -0.172. The number of anilines is 1. The summed E-state index contributed by atoms with van der Waals surface area (Å²) in [6, 6.07) is 3.36. The molecule has 13 heteroatoms. The number of ketones is 1. The van der Waals surface area contributed by atoms with Crippen molar-refractivity contribution in [3.05, 3.63) is 29.3 Å². The van der Waals surface area contributed by atoms with Crippen molar-refractivity contribution in [2.24, 2.45) is 11.8 Å². The fourth-order valence-electron chi connectivity index (χ4n) is 5.60. The van der Waals surface area contributed by atoms with Gasteiger partial charge in [-0.2, -0.15) is 13.2 Å². The van der Waals surface area contributed by atoms with Crippen LogP contribution in [0.1, 0.15) is 65.0 Å². The van der Waals surface area contributed by atoms with E-state index in [-0.39, 0.29) is 50.6 Å². The Labute approximate surface area is 243 Å². The molecule has 1 aromatic carbocycles. The van der Waals surface area contributed by atoms with Gasteiger partial charge in [0.05, 0.1) is 30.3 Å². The number of piperazine rings is 1. The normalized spacial score (nSPS) is 25.2. The van der Waals surface area contributed by atoms with Crippen molar-refractivity contribution >= 4 is 29.5 Å². The van der Waals surface area contributed by atoms with Crippen LogP contribution in [0.2, 0.25) is 0 Å². The van der Waals surface area contributed by atoms with Crippen molar-refractivity contribution in [1.82, 2.24) is 4.90 Å². The lowest BCUT2D eigenvalue weighted by atomic mass is 9.61. The van der Waals surface area contributed by atoms with Gasteiger partial charge in [-0.15, -0.1) is 0 Å². The van der Waals surface area contributed by atoms with Gasteiger partial charge in [0, 0.05) is 44.2 Å². The molecule has 0 spiro atoms. The Hall–Kier alpha value is -3.35. The van der Waals surface area contributed by atoms with Gasteiger partial charge in [0.2, 0.25) is 0 Å². The number of ether oxygens (including phenoxy) is 3. The van der Waals surface area contributed by atoms with Crippen molar-refractivity contribution in [3.63, 3.8) is 0 Å². The molecule has 0 aromatic heterocycles. The molecule has 42 heavy (non-hydrogen) atoms. The molecule has 234 valence electrons. The average Bonchev–Trinajstić information content (AvgIpc) is 2.86. The van der Waals surface area contributed by atoms with E-state index >= 15 is 0 Å². The van der Waals surface area contributed by atoms with Gasteiger partial charge in [0.1, 0.15) is 11.5 Å². The third-order valence-electron chi connectivity index (χ3n) is 7.33. The molecule has 1 saturated heterocycles. The molecule has 10 nitrogen and oxygen atoms in total. The first kappa shape index (κ1) is 33.2. The van der Waals surface area contributed by atoms with Crippen LogP contribution < -0.4 is 4.90 Å². The van der Waals surface area contributed by atoms with Gasteiger partial charge in [-0.25, -0.2) is 4.79 Å². The molecule has 4 atom stereocenters. The highest BCUT2D eigenvalue weighted by Gasteiger charge is 2.57. The number of esters is 2. The molecule has 1 amide bonds. The zero-order chi connectivity index (χ0) is 31.6. The number of hydrogen-bond donors (Lipinski definition) is 1. The van der Waals surface area contributed by atoms with E-state index in [1.54, 1.807) is 20.8 Å². The summed E-state index contributed by atoms with van der Waals surface area (Å²) in [5, 5.41) is 11.1. The number of carbonyl (C=O) groups excluding carboxylic acids is 4. The smallest absolute Gasteiger partial charge is 0.418 e. The maximum absolute atomic E-state index is 14.5. The maximum Gasteiger partial charge on any atom is 0.418 e. The SMILES string of the molecule is CCOC(=O)C1C(=O)CC(C)(O)C(C(=O)OCC)C1c1ccc(N2CCN(C(=O)OC(C)(C)C)CC2)c(C(F)(F)F)c1. The van der Waals surface area contributed by atoms with Crippen LogP contribution in [-0.4, -0.2) is 84.4 Å². The fraction of sp³-hybridized carbons (Fsp3) is 0.655. The zero-order valence-electron chi connectivity index (χ0n) is 24.7. The third kappa shape index (κ3) is 7.34. The van der Waals surface area contributed by atoms with Gasteiger partial charge in [0.25, 0.3) is 0 Å². The fourth-order valence-corrected chi connectivity index (χ4v) is 5.60. The molecule has 1 heterocycles. The third-order valence-corrected chi connectivity index (χ3v) is 7.33. The molecule has 1 N–H and O–H groups in total. The highest BCUT2D eigenvalue weighted by molar-refractivity contribution is 6.02. The van der Waals surface area contributed by atoms with Crippen molar-refractivity contribution in [2.75, 3.05) is 44.3 Å².